The van der Waals surface area contributed by atoms with Crippen molar-refractivity contribution in [1.82, 2.24) is 4.90 Å². The van der Waals surface area contributed by atoms with Gasteiger partial charge in [0.25, 0.3) is 0 Å². The number of rotatable bonds is 5. The quantitative estimate of drug-likeness (QED) is 0.408. The van der Waals surface area contributed by atoms with Crippen molar-refractivity contribution in [2.24, 2.45) is 11.7 Å². The van der Waals surface area contributed by atoms with Crippen LogP contribution in [0.4, 0.5) is 0 Å². The van der Waals surface area contributed by atoms with Crippen LogP contribution in [0.2, 0.25) is 0 Å². The molecule has 0 unspecified atom stereocenters. The van der Waals surface area contributed by atoms with Gasteiger partial charge < -0.3 is 10.6 Å². The molecule has 0 radical (unpaired) electrons. The Hall–Kier alpha value is -1.98. The summed E-state index contributed by atoms with van der Waals surface area (Å²) >= 11 is 0. The fourth-order valence-electron chi connectivity index (χ4n) is 2.01. The molecule has 2 N–H and O–H groups in total. The molecular formula is C23H38N2. The highest BCUT2D eigenvalue weighted by Gasteiger charge is 2.15. The van der Waals surface area contributed by atoms with Gasteiger partial charge in [0.1, 0.15) is 0 Å². The second-order valence-electron chi connectivity index (χ2n) is 6.41. The van der Waals surface area contributed by atoms with Crippen molar-refractivity contribution in [3.63, 3.8) is 0 Å². The van der Waals surface area contributed by atoms with Crippen molar-refractivity contribution >= 4 is 0 Å². The lowest BCUT2D eigenvalue weighted by Crippen LogP contribution is -2.38. The summed E-state index contributed by atoms with van der Waals surface area (Å²) in [6.45, 7) is 20.3. The molecule has 1 heterocycles. The summed E-state index contributed by atoms with van der Waals surface area (Å²) in [5.74, 6) is 1.08. The third-order valence-electron chi connectivity index (χ3n) is 3.83. The number of nitrogens with zero attached hydrogens (tertiary/aromatic N) is 1. The molecule has 1 aliphatic carbocycles. The predicted octanol–water partition coefficient (Wildman–Crippen LogP) is 5.47. The van der Waals surface area contributed by atoms with E-state index in [9.17, 15) is 0 Å². The summed E-state index contributed by atoms with van der Waals surface area (Å²) in [5, 5.41) is 0. The SMILES string of the molecule is C#C.C=C.C=C(C)/C=C\C=C/CC(=C)N1CCC(N)CC1.CC1CC1. The van der Waals surface area contributed by atoms with Crippen LogP contribution in [0.3, 0.4) is 0 Å². The molecular weight excluding hydrogens is 304 g/mol. The van der Waals surface area contributed by atoms with Gasteiger partial charge in [-0.1, -0.05) is 62.8 Å². The standard InChI is InChI=1S/C15H24N2.C4H8.C2H4.C2H2/c1-13(2)7-5-4-6-8-14(3)17-11-9-15(16)10-12-17;1-4-2-3-4;2*1-2/h4-7,15H,1,3,8-12,16H2,2H3;4H,2-3H2,1H3;1-2H2;1-2H/b6-4-,7-5-;;;. The van der Waals surface area contributed by atoms with Crippen LogP contribution in [0, 0.1) is 18.8 Å². The van der Waals surface area contributed by atoms with E-state index in [0.717, 1.165) is 43.8 Å². The van der Waals surface area contributed by atoms with Crippen LogP contribution in [0.5, 0.6) is 0 Å². The number of nitrogens with two attached hydrogens (primary N) is 1. The molecule has 1 saturated carbocycles. The first kappa shape index (κ1) is 25.3. The number of terminal acetylenes is 1. The number of hydrogen-bond donors (Lipinski definition) is 1. The zero-order valence-corrected chi connectivity index (χ0v) is 16.4. The first-order valence-electron chi connectivity index (χ1n) is 8.99. The van der Waals surface area contributed by atoms with E-state index >= 15 is 0 Å². The number of likely N-dealkylation sites (tertiary alicyclic amines) is 1. The van der Waals surface area contributed by atoms with Gasteiger partial charge in [-0.2, -0.15) is 0 Å². The van der Waals surface area contributed by atoms with Crippen molar-refractivity contribution in [3.05, 3.63) is 61.9 Å². The number of allylic oxidation sites excluding steroid dienone is 5. The number of hydrogen-bond acceptors (Lipinski definition) is 2. The smallest absolute Gasteiger partial charge is 0.0189 e. The fraction of sp³-hybridized carbons (Fsp3) is 0.478. The minimum Gasteiger partial charge on any atom is -0.375 e. The molecule has 0 aromatic rings. The topological polar surface area (TPSA) is 29.3 Å². The van der Waals surface area contributed by atoms with Crippen molar-refractivity contribution in [3.8, 4) is 12.8 Å². The fourth-order valence-corrected chi connectivity index (χ4v) is 2.01. The van der Waals surface area contributed by atoms with E-state index in [1.54, 1.807) is 0 Å². The Labute approximate surface area is 156 Å². The van der Waals surface area contributed by atoms with Crippen LogP contribution >= 0.6 is 0 Å². The first-order chi connectivity index (χ1) is 12.0. The van der Waals surface area contributed by atoms with Crippen LogP contribution < -0.4 is 5.73 Å². The molecule has 0 atom stereocenters. The highest BCUT2D eigenvalue weighted by molar-refractivity contribution is 5.17. The molecule has 0 bridgehead atoms. The van der Waals surface area contributed by atoms with Gasteiger partial charge in [-0.05, 0) is 25.7 Å². The van der Waals surface area contributed by atoms with Gasteiger partial charge in [0.2, 0.25) is 0 Å². The lowest BCUT2D eigenvalue weighted by atomic mass is 10.1. The van der Waals surface area contributed by atoms with E-state index < -0.39 is 0 Å². The van der Waals surface area contributed by atoms with E-state index in [2.05, 4.69) is 63.1 Å². The molecule has 2 aliphatic rings. The second-order valence-corrected chi connectivity index (χ2v) is 6.41. The van der Waals surface area contributed by atoms with Gasteiger partial charge in [-0.3, -0.25) is 0 Å². The molecule has 2 rings (SSSR count). The molecule has 2 fully saturated rings. The number of piperidine rings is 1. The largest absolute Gasteiger partial charge is 0.375 e. The Balaban J connectivity index is 0. The van der Waals surface area contributed by atoms with E-state index in [-0.39, 0.29) is 0 Å². The van der Waals surface area contributed by atoms with Gasteiger partial charge >= 0.3 is 0 Å². The van der Waals surface area contributed by atoms with Crippen LogP contribution in [0.1, 0.15) is 46.0 Å². The summed E-state index contributed by atoms with van der Waals surface area (Å²) in [5.41, 5.74) is 8.14. The Kier molecular flexibility index (Phi) is 17.0. The van der Waals surface area contributed by atoms with Gasteiger partial charge in [-0.25, -0.2) is 0 Å². The Bertz CT molecular complexity index is 430. The molecule has 0 aromatic carbocycles. The molecule has 1 aliphatic heterocycles. The third kappa shape index (κ3) is 16.7. The average molecular weight is 343 g/mol. The maximum absolute atomic E-state index is 5.88. The monoisotopic (exact) mass is 342 g/mol. The van der Waals surface area contributed by atoms with Crippen molar-refractivity contribution in [2.45, 2.75) is 52.0 Å². The zero-order chi connectivity index (χ0) is 19.7. The summed E-state index contributed by atoms with van der Waals surface area (Å²) < 4.78 is 0. The van der Waals surface area contributed by atoms with Gasteiger partial charge in [-0.15, -0.1) is 26.0 Å². The molecule has 0 spiro atoms. The minimum atomic E-state index is 0.382. The van der Waals surface area contributed by atoms with Crippen molar-refractivity contribution in [2.75, 3.05) is 13.1 Å². The molecule has 0 aromatic heterocycles. The van der Waals surface area contributed by atoms with Crippen LogP contribution in [0.25, 0.3) is 0 Å². The summed E-state index contributed by atoms with van der Waals surface area (Å²) in [6, 6.07) is 0.382. The highest BCUT2D eigenvalue weighted by atomic mass is 15.1. The molecule has 140 valence electrons. The van der Waals surface area contributed by atoms with Gasteiger partial charge in [0, 0.05) is 31.2 Å². The Morgan fingerprint density at radius 1 is 1.08 bits per heavy atom. The molecule has 25 heavy (non-hydrogen) atoms. The molecule has 0 amide bonds. The molecule has 2 nitrogen and oxygen atoms in total. The predicted molar refractivity (Wildman–Crippen MR) is 115 cm³/mol. The maximum atomic E-state index is 5.88. The lowest BCUT2D eigenvalue weighted by Gasteiger charge is -2.33. The summed E-state index contributed by atoms with van der Waals surface area (Å²) in [6.07, 6.45) is 22.2. The minimum absolute atomic E-state index is 0.382. The molecule has 2 heteroatoms. The zero-order valence-electron chi connectivity index (χ0n) is 16.4. The van der Waals surface area contributed by atoms with E-state index in [1.165, 1.54) is 18.5 Å². The van der Waals surface area contributed by atoms with Crippen LogP contribution in [-0.2, 0) is 0 Å². The third-order valence-corrected chi connectivity index (χ3v) is 3.83. The average Bonchev–Trinajstić information content (AvgIpc) is 3.41. The summed E-state index contributed by atoms with van der Waals surface area (Å²) in [4.78, 5) is 2.34. The molecule has 1 saturated heterocycles. The van der Waals surface area contributed by atoms with Crippen molar-refractivity contribution < 1.29 is 0 Å². The van der Waals surface area contributed by atoms with Crippen LogP contribution in [-0.4, -0.2) is 24.0 Å². The van der Waals surface area contributed by atoms with E-state index in [4.69, 9.17) is 5.73 Å². The van der Waals surface area contributed by atoms with Gasteiger partial charge in [0.05, 0.1) is 0 Å². The van der Waals surface area contributed by atoms with Gasteiger partial charge in [0.15, 0.2) is 0 Å². The normalized spacial score (nSPS) is 16.8. The Morgan fingerprint density at radius 2 is 1.56 bits per heavy atom. The summed E-state index contributed by atoms with van der Waals surface area (Å²) in [7, 11) is 0. The first-order valence-corrected chi connectivity index (χ1v) is 8.99. The van der Waals surface area contributed by atoms with E-state index in [0.29, 0.717) is 6.04 Å². The van der Waals surface area contributed by atoms with Crippen LogP contribution in [0.15, 0.2) is 61.9 Å². The highest BCUT2D eigenvalue weighted by Crippen LogP contribution is 2.26. The maximum Gasteiger partial charge on any atom is 0.0189 e. The van der Waals surface area contributed by atoms with E-state index in [1.807, 2.05) is 19.1 Å². The van der Waals surface area contributed by atoms with Crippen molar-refractivity contribution in [1.29, 1.82) is 0 Å². The Morgan fingerprint density at radius 3 is 1.96 bits per heavy atom. The lowest BCUT2D eigenvalue weighted by molar-refractivity contribution is 0.261. The second kappa shape index (κ2) is 16.9.